The maximum Gasteiger partial charge on any atom is 0.419 e. The van der Waals surface area contributed by atoms with Gasteiger partial charge in [-0.25, -0.2) is 15.1 Å². The summed E-state index contributed by atoms with van der Waals surface area (Å²) in [5, 5.41) is 9.15. The van der Waals surface area contributed by atoms with Gasteiger partial charge in [-0.15, -0.1) is 0 Å². The van der Waals surface area contributed by atoms with Crippen LogP contribution >= 0.6 is 15.9 Å². The van der Waals surface area contributed by atoms with E-state index in [9.17, 15) is 22.8 Å². The van der Waals surface area contributed by atoms with E-state index in [0.717, 1.165) is 12.4 Å². The fourth-order valence-electron chi connectivity index (χ4n) is 3.16. The predicted molar refractivity (Wildman–Crippen MR) is 117 cm³/mol. The van der Waals surface area contributed by atoms with E-state index < -0.39 is 11.7 Å². The fourth-order valence-corrected chi connectivity index (χ4v) is 3.46. The number of ether oxygens (including phenoxy) is 1. The lowest BCUT2D eigenvalue weighted by Crippen LogP contribution is -2.49. The molecule has 14 heteroatoms. The second-order valence-corrected chi connectivity index (χ2v) is 8.23. The highest BCUT2D eigenvalue weighted by atomic mass is 79.9. The molecule has 1 saturated heterocycles. The number of hydrogen-bond donors (Lipinski definition) is 2. The first-order valence-electron chi connectivity index (χ1n) is 10.1. The zero-order valence-electron chi connectivity index (χ0n) is 17.7. The summed E-state index contributed by atoms with van der Waals surface area (Å²) in [5.41, 5.74) is -0.698. The summed E-state index contributed by atoms with van der Waals surface area (Å²) in [5.74, 6) is 0.146. The van der Waals surface area contributed by atoms with Crippen molar-refractivity contribution in [2.24, 2.45) is 0 Å². The smallest absolute Gasteiger partial charge is 0.379 e. The first-order valence-corrected chi connectivity index (χ1v) is 10.9. The molecule has 33 heavy (non-hydrogen) atoms. The second-order valence-electron chi connectivity index (χ2n) is 7.43. The second kappa shape index (κ2) is 10.9. The number of nitrogens with one attached hydrogen (secondary N) is 2. The van der Waals surface area contributed by atoms with E-state index in [4.69, 9.17) is 4.74 Å². The molecule has 10 nitrogen and oxygen atoms in total. The summed E-state index contributed by atoms with van der Waals surface area (Å²) in [6, 6.07) is -0.118. The van der Waals surface area contributed by atoms with Crippen molar-refractivity contribution in [1.29, 1.82) is 0 Å². The van der Waals surface area contributed by atoms with Gasteiger partial charge in [-0.2, -0.15) is 18.3 Å². The van der Waals surface area contributed by atoms with Crippen LogP contribution in [-0.2, 0) is 15.7 Å². The van der Waals surface area contributed by atoms with Gasteiger partial charge in [-0.3, -0.25) is 9.59 Å². The van der Waals surface area contributed by atoms with Gasteiger partial charge in [-0.05, 0) is 22.9 Å². The molecule has 1 atom stereocenters. The number of amides is 1. The third kappa shape index (κ3) is 6.87. The summed E-state index contributed by atoms with van der Waals surface area (Å²) in [7, 11) is 0. The van der Waals surface area contributed by atoms with Gasteiger partial charge in [0.15, 0.2) is 0 Å². The zero-order chi connectivity index (χ0) is 24.0. The summed E-state index contributed by atoms with van der Waals surface area (Å²) < 4.78 is 43.8. The number of piperazine rings is 1. The molecule has 0 saturated carbocycles. The van der Waals surface area contributed by atoms with Gasteiger partial charge in [0, 0.05) is 44.6 Å². The average molecular weight is 534 g/mol. The standard InChI is InChI=1S/C19H23BrF3N7O3/c1-12(27-14-10-26-28-17(32)16(14)20)11-33-7-2-15(31)29-3-5-30(6-4-29)18-24-8-13(9-25-18)19(21,22)23/h8-10,12H,2-7,11H2,1H3,(H2,27,28,32). The quantitative estimate of drug-likeness (QED) is 0.494. The van der Waals surface area contributed by atoms with Gasteiger partial charge < -0.3 is 19.9 Å². The highest BCUT2D eigenvalue weighted by molar-refractivity contribution is 9.10. The number of alkyl halides is 3. The molecule has 3 heterocycles. The Morgan fingerprint density at radius 3 is 2.55 bits per heavy atom. The van der Waals surface area contributed by atoms with E-state index in [1.807, 2.05) is 6.92 Å². The third-order valence-corrected chi connectivity index (χ3v) is 5.69. The molecule has 3 rings (SSSR count). The number of carbonyl (C=O) groups excluding carboxylic acids is 1. The van der Waals surface area contributed by atoms with E-state index in [2.05, 4.69) is 41.4 Å². The number of carbonyl (C=O) groups is 1. The van der Waals surface area contributed by atoms with Crippen LogP contribution in [0.15, 0.2) is 27.9 Å². The van der Waals surface area contributed by atoms with Gasteiger partial charge in [0.05, 0.1) is 37.1 Å². The molecule has 1 aliphatic heterocycles. The molecule has 0 aromatic carbocycles. The molecule has 0 spiro atoms. The summed E-state index contributed by atoms with van der Waals surface area (Å²) in [6.07, 6.45) is -1.26. The van der Waals surface area contributed by atoms with Crippen molar-refractivity contribution in [3.8, 4) is 0 Å². The molecular formula is C19H23BrF3N7O3. The summed E-state index contributed by atoms with van der Waals surface area (Å²) >= 11 is 3.19. The van der Waals surface area contributed by atoms with Crippen LogP contribution in [0.25, 0.3) is 0 Å². The van der Waals surface area contributed by atoms with Gasteiger partial charge in [0.25, 0.3) is 5.56 Å². The molecule has 0 aliphatic carbocycles. The average Bonchev–Trinajstić information content (AvgIpc) is 2.79. The monoisotopic (exact) mass is 533 g/mol. The Bertz CT molecular complexity index is 995. The van der Waals surface area contributed by atoms with E-state index in [1.165, 1.54) is 6.20 Å². The normalized spacial score (nSPS) is 15.4. The van der Waals surface area contributed by atoms with Gasteiger partial charge in [0.2, 0.25) is 11.9 Å². The maximum absolute atomic E-state index is 12.6. The van der Waals surface area contributed by atoms with Crippen LogP contribution in [0.2, 0.25) is 0 Å². The molecule has 2 N–H and O–H groups in total. The molecule has 0 radical (unpaired) electrons. The van der Waals surface area contributed by atoms with Crippen molar-refractivity contribution < 1.29 is 22.7 Å². The van der Waals surface area contributed by atoms with Crippen molar-refractivity contribution in [3.05, 3.63) is 39.0 Å². The SMILES string of the molecule is CC(COCCC(=O)N1CCN(c2ncc(C(F)(F)F)cn2)CC1)Nc1cn[nH]c(=O)c1Br. The molecular weight excluding hydrogens is 511 g/mol. The van der Waals surface area contributed by atoms with Crippen molar-refractivity contribution in [3.63, 3.8) is 0 Å². The molecule has 1 unspecified atom stereocenters. The molecule has 1 fully saturated rings. The minimum atomic E-state index is -4.48. The van der Waals surface area contributed by atoms with Crippen LogP contribution in [0.5, 0.6) is 0 Å². The molecule has 2 aromatic heterocycles. The van der Waals surface area contributed by atoms with E-state index in [1.54, 1.807) is 9.80 Å². The van der Waals surface area contributed by atoms with Crippen molar-refractivity contribution in [2.75, 3.05) is 49.6 Å². The highest BCUT2D eigenvalue weighted by Gasteiger charge is 2.32. The van der Waals surface area contributed by atoms with E-state index in [0.29, 0.717) is 42.9 Å². The number of rotatable bonds is 8. The van der Waals surface area contributed by atoms with Crippen LogP contribution in [0, 0.1) is 0 Å². The van der Waals surface area contributed by atoms with Crippen molar-refractivity contribution in [1.82, 2.24) is 25.1 Å². The third-order valence-electron chi connectivity index (χ3n) is 4.91. The Morgan fingerprint density at radius 2 is 1.91 bits per heavy atom. The van der Waals surface area contributed by atoms with Crippen molar-refractivity contribution in [2.45, 2.75) is 25.6 Å². The first-order chi connectivity index (χ1) is 15.6. The van der Waals surface area contributed by atoms with Crippen molar-refractivity contribution >= 4 is 33.5 Å². The minimum Gasteiger partial charge on any atom is -0.379 e. The number of halogens is 4. The number of hydrogen-bond acceptors (Lipinski definition) is 8. The number of aromatic amines is 1. The van der Waals surface area contributed by atoms with Crippen LogP contribution in [0.3, 0.4) is 0 Å². The number of nitrogens with zero attached hydrogens (tertiary/aromatic N) is 5. The summed E-state index contributed by atoms with van der Waals surface area (Å²) in [6.45, 7) is 4.14. The Labute approximate surface area is 195 Å². The Balaban J connectivity index is 1.36. The Morgan fingerprint density at radius 1 is 1.24 bits per heavy atom. The van der Waals surface area contributed by atoms with Gasteiger partial charge in [-0.1, -0.05) is 0 Å². The molecule has 180 valence electrons. The topological polar surface area (TPSA) is 116 Å². The maximum atomic E-state index is 12.6. The lowest BCUT2D eigenvalue weighted by atomic mass is 10.3. The van der Waals surface area contributed by atoms with Crippen LogP contribution in [-0.4, -0.2) is 76.4 Å². The number of anilines is 2. The Hall–Kier alpha value is -2.74. The molecule has 2 aromatic rings. The van der Waals surface area contributed by atoms with Crippen LogP contribution in [0.1, 0.15) is 18.9 Å². The van der Waals surface area contributed by atoms with Gasteiger partial charge in [0.1, 0.15) is 4.47 Å². The Kier molecular flexibility index (Phi) is 8.24. The first kappa shape index (κ1) is 24.9. The van der Waals surface area contributed by atoms with E-state index in [-0.39, 0.29) is 36.5 Å². The van der Waals surface area contributed by atoms with Crippen LogP contribution < -0.4 is 15.8 Å². The summed E-state index contributed by atoms with van der Waals surface area (Å²) in [4.78, 5) is 35.0. The fraction of sp³-hybridized carbons (Fsp3) is 0.526. The van der Waals surface area contributed by atoms with Crippen LogP contribution in [0.4, 0.5) is 24.8 Å². The molecule has 0 bridgehead atoms. The largest absolute Gasteiger partial charge is 0.419 e. The molecule has 1 aliphatic rings. The lowest BCUT2D eigenvalue weighted by molar-refractivity contribution is -0.138. The number of aromatic nitrogens is 4. The van der Waals surface area contributed by atoms with E-state index >= 15 is 0 Å². The number of H-pyrrole nitrogens is 1. The minimum absolute atomic E-state index is 0.0647. The predicted octanol–water partition coefficient (Wildman–Crippen LogP) is 1.90. The lowest BCUT2D eigenvalue weighted by Gasteiger charge is -2.34. The van der Waals surface area contributed by atoms with Gasteiger partial charge >= 0.3 is 6.18 Å². The highest BCUT2D eigenvalue weighted by Crippen LogP contribution is 2.28. The zero-order valence-corrected chi connectivity index (χ0v) is 19.3. The molecule has 1 amide bonds.